The number of hydrogen-bond donors (Lipinski definition) is 0. The number of aromatic nitrogens is 1. The van der Waals surface area contributed by atoms with Crippen molar-refractivity contribution in [3.63, 3.8) is 0 Å². The summed E-state index contributed by atoms with van der Waals surface area (Å²) >= 11 is 6.91. The first-order valence-electron chi connectivity index (χ1n) is 10.1. The van der Waals surface area contributed by atoms with Crippen molar-refractivity contribution in [2.24, 2.45) is 11.8 Å². The van der Waals surface area contributed by atoms with E-state index in [-0.39, 0.29) is 33.5 Å². The molecule has 1 unspecified atom stereocenters. The van der Waals surface area contributed by atoms with Gasteiger partial charge in [-0.15, -0.1) is 0 Å². The van der Waals surface area contributed by atoms with Crippen LogP contribution in [-0.2, 0) is 15.8 Å². The maximum Gasteiger partial charge on any atom is 0.417 e. The Kier molecular flexibility index (Phi) is 7.55. The molecule has 1 aromatic rings. The van der Waals surface area contributed by atoms with E-state index in [0.29, 0.717) is 31.8 Å². The Bertz CT molecular complexity index is 785. The standard InChI is InChI=1S/C20H25ClF3N3O2S/c1-13-3-2-6-27(11-13)19(29)14-4-7-26(8-5-14)17(28)12-30-18-16(21)9-15(10-25-18)20(22,23)24/h9-10,13-14H,2-8,11-12H2,1H3. The lowest BCUT2D eigenvalue weighted by Gasteiger charge is -2.37. The van der Waals surface area contributed by atoms with Gasteiger partial charge in [0.25, 0.3) is 0 Å². The van der Waals surface area contributed by atoms with Crippen LogP contribution in [0.15, 0.2) is 17.3 Å². The van der Waals surface area contributed by atoms with Gasteiger partial charge in [-0.1, -0.05) is 30.3 Å². The van der Waals surface area contributed by atoms with Gasteiger partial charge in [-0.3, -0.25) is 9.59 Å². The predicted octanol–water partition coefficient (Wildman–Crippen LogP) is 4.34. The molecule has 0 aromatic carbocycles. The zero-order chi connectivity index (χ0) is 21.9. The Morgan fingerprint density at radius 3 is 2.50 bits per heavy atom. The summed E-state index contributed by atoms with van der Waals surface area (Å²) in [5.74, 6) is 0.601. The Morgan fingerprint density at radius 1 is 1.20 bits per heavy atom. The number of carbonyl (C=O) groups is 2. The van der Waals surface area contributed by atoms with Crippen molar-refractivity contribution < 1.29 is 22.8 Å². The van der Waals surface area contributed by atoms with Crippen molar-refractivity contribution in [2.75, 3.05) is 31.9 Å². The highest BCUT2D eigenvalue weighted by atomic mass is 35.5. The maximum absolute atomic E-state index is 12.7. The molecule has 1 aromatic heterocycles. The molecule has 2 saturated heterocycles. The van der Waals surface area contributed by atoms with E-state index in [4.69, 9.17) is 11.6 Å². The molecule has 0 N–H and O–H groups in total. The number of piperidine rings is 2. The van der Waals surface area contributed by atoms with E-state index in [1.807, 2.05) is 4.90 Å². The van der Waals surface area contributed by atoms with Gasteiger partial charge in [0, 0.05) is 38.3 Å². The van der Waals surface area contributed by atoms with Crippen LogP contribution in [0.4, 0.5) is 13.2 Å². The van der Waals surface area contributed by atoms with Crippen molar-refractivity contribution in [3.8, 4) is 0 Å². The molecule has 2 aliphatic heterocycles. The van der Waals surface area contributed by atoms with Crippen molar-refractivity contribution in [3.05, 3.63) is 22.8 Å². The SMILES string of the molecule is CC1CCCN(C(=O)C2CCN(C(=O)CSc3ncc(C(F)(F)F)cc3Cl)CC2)C1. The van der Waals surface area contributed by atoms with Gasteiger partial charge in [0.1, 0.15) is 5.03 Å². The van der Waals surface area contributed by atoms with E-state index in [1.54, 1.807) is 4.90 Å². The highest BCUT2D eigenvalue weighted by Crippen LogP contribution is 2.34. The number of likely N-dealkylation sites (tertiary alicyclic amines) is 2. The van der Waals surface area contributed by atoms with Crippen molar-refractivity contribution >= 4 is 35.2 Å². The first kappa shape index (κ1) is 23.2. The number of pyridine rings is 1. The summed E-state index contributed by atoms with van der Waals surface area (Å²) in [6.07, 6.45) is -0.312. The lowest BCUT2D eigenvalue weighted by Crippen LogP contribution is -2.47. The van der Waals surface area contributed by atoms with E-state index in [2.05, 4.69) is 11.9 Å². The molecule has 0 spiro atoms. The van der Waals surface area contributed by atoms with E-state index < -0.39 is 11.7 Å². The first-order chi connectivity index (χ1) is 14.1. The molecule has 0 bridgehead atoms. The third-order valence-electron chi connectivity index (χ3n) is 5.63. The van der Waals surface area contributed by atoms with Gasteiger partial charge < -0.3 is 9.80 Å². The number of hydrogen-bond acceptors (Lipinski definition) is 4. The molecule has 0 saturated carbocycles. The van der Waals surface area contributed by atoms with Crippen LogP contribution in [-0.4, -0.2) is 58.5 Å². The van der Waals surface area contributed by atoms with Crippen LogP contribution >= 0.6 is 23.4 Å². The first-order valence-corrected chi connectivity index (χ1v) is 11.4. The quantitative estimate of drug-likeness (QED) is 0.623. The minimum absolute atomic E-state index is 0.0420. The molecule has 2 aliphatic rings. The molecule has 3 rings (SSSR count). The van der Waals surface area contributed by atoms with Crippen LogP contribution < -0.4 is 0 Å². The molecule has 3 heterocycles. The minimum atomic E-state index is -4.51. The topological polar surface area (TPSA) is 53.5 Å². The van der Waals surface area contributed by atoms with Crippen LogP contribution in [0.3, 0.4) is 0 Å². The van der Waals surface area contributed by atoms with Crippen LogP contribution in [0.5, 0.6) is 0 Å². The average molecular weight is 464 g/mol. The predicted molar refractivity (Wildman–Crippen MR) is 109 cm³/mol. The summed E-state index contributed by atoms with van der Waals surface area (Å²) in [5, 5.41) is 0.0741. The number of carbonyl (C=O) groups excluding carboxylic acids is 2. The Hall–Kier alpha value is -1.48. The monoisotopic (exact) mass is 463 g/mol. The summed E-state index contributed by atoms with van der Waals surface area (Å²) in [7, 11) is 0. The van der Waals surface area contributed by atoms with Crippen molar-refractivity contribution in [1.29, 1.82) is 0 Å². The van der Waals surface area contributed by atoms with E-state index in [0.717, 1.165) is 50.0 Å². The zero-order valence-corrected chi connectivity index (χ0v) is 18.3. The van der Waals surface area contributed by atoms with E-state index >= 15 is 0 Å². The average Bonchev–Trinajstić information content (AvgIpc) is 2.71. The van der Waals surface area contributed by atoms with Gasteiger partial charge in [0.05, 0.1) is 16.3 Å². The lowest BCUT2D eigenvalue weighted by molar-refractivity contribution is -0.141. The van der Waals surface area contributed by atoms with Crippen molar-refractivity contribution in [1.82, 2.24) is 14.8 Å². The van der Waals surface area contributed by atoms with Gasteiger partial charge in [0.15, 0.2) is 0 Å². The summed E-state index contributed by atoms with van der Waals surface area (Å²) < 4.78 is 38.1. The zero-order valence-electron chi connectivity index (χ0n) is 16.8. The number of rotatable bonds is 4. The lowest BCUT2D eigenvalue weighted by atomic mass is 9.93. The molecule has 30 heavy (non-hydrogen) atoms. The summed E-state index contributed by atoms with van der Waals surface area (Å²) in [5.41, 5.74) is -0.919. The maximum atomic E-state index is 12.7. The fourth-order valence-electron chi connectivity index (χ4n) is 3.93. The molecular weight excluding hydrogens is 439 g/mol. The summed E-state index contributed by atoms with van der Waals surface area (Å²) in [6, 6.07) is 0.819. The second-order valence-electron chi connectivity index (χ2n) is 7.98. The van der Waals surface area contributed by atoms with E-state index in [1.165, 1.54) is 0 Å². The van der Waals surface area contributed by atoms with Crippen LogP contribution in [0.2, 0.25) is 5.02 Å². The van der Waals surface area contributed by atoms with E-state index in [9.17, 15) is 22.8 Å². The number of nitrogens with zero attached hydrogens (tertiary/aromatic N) is 3. The Labute approximate surface area is 183 Å². The molecule has 0 aliphatic carbocycles. The summed E-state index contributed by atoms with van der Waals surface area (Å²) in [6.45, 7) is 4.81. The third-order valence-corrected chi connectivity index (χ3v) is 7.02. The molecule has 10 heteroatoms. The molecule has 1 atom stereocenters. The van der Waals surface area contributed by atoms with Crippen LogP contribution in [0.25, 0.3) is 0 Å². The van der Waals surface area contributed by atoms with Gasteiger partial charge in [-0.2, -0.15) is 13.2 Å². The largest absolute Gasteiger partial charge is 0.417 e. The second kappa shape index (κ2) is 9.77. The highest BCUT2D eigenvalue weighted by molar-refractivity contribution is 8.00. The molecule has 0 radical (unpaired) electrons. The highest BCUT2D eigenvalue weighted by Gasteiger charge is 2.33. The number of alkyl halides is 3. The van der Waals surface area contributed by atoms with Gasteiger partial charge in [0.2, 0.25) is 11.8 Å². The number of halogens is 4. The Morgan fingerprint density at radius 2 is 1.90 bits per heavy atom. The molecule has 2 fully saturated rings. The smallest absolute Gasteiger partial charge is 0.342 e. The van der Waals surface area contributed by atoms with Crippen LogP contribution in [0, 0.1) is 11.8 Å². The molecular formula is C20H25ClF3N3O2S. The van der Waals surface area contributed by atoms with Gasteiger partial charge in [-0.25, -0.2) is 4.98 Å². The second-order valence-corrected chi connectivity index (χ2v) is 9.36. The third kappa shape index (κ3) is 5.81. The normalized spacial score (nSPS) is 21.0. The fraction of sp³-hybridized carbons (Fsp3) is 0.650. The molecule has 2 amide bonds. The van der Waals surface area contributed by atoms with Crippen molar-refractivity contribution in [2.45, 2.75) is 43.8 Å². The number of thioether (sulfide) groups is 1. The van der Waals surface area contributed by atoms with Crippen LogP contribution in [0.1, 0.15) is 38.2 Å². The fourth-order valence-corrected chi connectivity index (χ4v) is 5.03. The Balaban J connectivity index is 1.47. The molecule has 5 nitrogen and oxygen atoms in total. The summed E-state index contributed by atoms with van der Waals surface area (Å²) in [4.78, 5) is 32.6. The van der Waals surface area contributed by atoms with Gasteiger partial charge >= 0.3 is 6.18 Å². The molecule has 166 valence electrons. The minimum Gasteiger partial charge on any atom is -0.342 e. The van der Waals surface area contributed by atoms with Gasteiger partial charge in [-0.05, 0) is 37.7 Å². The number of amides is 2.